The first-order valence-corrected chi connectivity index (χ1v) is 9.69. The number of nitrogens with zero attached hydrogens (tertiary/aromatic N) is 1. The van der Waals surface area contributed by atoms with Gasteiger partial charge in [0.15, 0.2) is 23.1 Å². The Morgan fingerprint density at radius 1 is 0.857 bits per heavy atom. The predicted octanol–water partition coefficient (Wildman–Crippen LogP) is 4.10. The fourth-order valence-corrected chi connectivity index (χ4v) is 4.48. The summed E-state index contributed by atoms with van der Waals surface area (Å²) in [5.41, 5.74) is 0.339. The van der Waals surface area contributed by atoms with Gasteiger partial charge in [-0.05, 0) is 42.0 Å². The van der Waals surface area contributed by atoms with Gasteiger partial charge in [-0.2, -0.15) is 0 Å². The highest BCUT2D eigenvalue weighted by molar-refractivity contribution is 7.90. The van der Waals surface area contributed by atoms with Gasteiger partial charge in [-0.1, -0.05) is 30.3 Å². The quantitative estimate of drug-likeness (QED) is 0.660. The molecule has 0 saturated carbocycles. The van der Waals surface area contributed by atoms with Gasteiger partial charge in [0, 0.05) is 0 Å². The number of sulfonamides is 1. The SMILES string of the molecule is O=C1c2ccccc2S(=O)(=O)N1Cc1ccc(Oc2ccccc2F)c(F)c1. The molecule has 142 valence electrons. The van der Waals surface area contributed by atoms with Gasteiger partial charge in [0.2, 0.25) is 0 Å². The number of carbonyl (C=O) groups excluding carboxylic acids is 1. The smallest absolute Gasteiger partial charge is 0.269 e. The molecule has 3 aromatic rings. The van der Waals surface area contributed by atoms with Crippen molar-refractivity contribution in [2.24, 2.45) is 0 Å². The maximum Gasteiger partial charge on any atom is 0.269 e. The maximum absolute atomic E-state index is 14.4. The summed E-state index contributed by atoms with van der Waals surface area (Å²) in [6.07, 6.45) is 0. The van der Waals surface area contributed by atoms with Crippen molar-refractivity contribution in [1.29, 1.82) is 0 Å². The van der Waals surface area contributed by atoms with Crippen LogP contribution in [0.15, 0.2) is 71.6 Å². The van der Waals surface area contributed by atoms with Gasteiger partial charge in [-0.25, -0.2) is 21.5 Å². The molecule has 1 heterocycles. The van der Waals surface area contributed by atoms with Crippen molar-refractivity contribution in [3.05, 3.63) is 89.5 Å². The second kappa shape index (κ2) is 6.72. The van der Waals surface area contributed by atoms with Crippen LogP contribution in [0.5, 0.6) is 11.5 Å². The number of ether oxygens (including phenoxy) is 1. The number of amides is 1. The first-order valence-electron chi connectivity index (χ1n) is 8.25. The van der Waals surface area contributed by atoms with Crippen LogP contribution in [0.2, 0.25) is 0 Å². The molecule has 3 aromatic carbocycles. The average molecular weight is 401 g/mol. The van der Waals surface area contributed by atoms with Crippen molar-refractivity contribution in [1.82, 2.24) is 4.31 Å². The zero-order valence-corrected chi connectivity index (χ0v) is 15.1. The highest BCUT2D eigenvalue weighted by atomic mass is 32.2. The van der Waals surface area contributed by atoms with E-state index in [1.54, 1.807) is 12.1 Å². The third kappa shape index (κ3) is 3.01. The highest BCUT2D eigenvalue weighted by Crippen LogP contribution is 2.32. The van der Waals surface area contributed by atoms with E-state index >= 15 is 0 Å². The molecule has 4 rings (SSSR count). The van der Waals surface area contributed by atoms with E-state index in [-0.39, 0.29) is 34.1 Å². The summed E-state index contributed by atoms with van der Waals surface area (Å²) in [5.74, 6) is -2.46. The minimum Gasteiger partial charge on any atom is -0.451 e. The molecule has 1 aliphatic heterocycles. The van der Waals surface area contributed by atoms with Gasteiger partial charge in [0.1, 0.15) is 4.90 Å². The third-order valence-corrected chi connectivity index (χ3v) is 6.08. The minimum absolute atomic E-state index is 0.0695. The van der Waals surface area contributed by atoms with Crippen LogP contribution in [0, 0.1) is 11.6 Å². The number of fused-ring (bicyclic) bond motifs is 1. The van der Waals surface area contributed by atoms with Crippen LogP contribution >= 0.6 is 0 Å². The van der Waals surface area contributed by atoms with Crippen molar-refractivity contribution in [3.63, 3.8) is 0 Å². The number of rotatable bonds is 4. The van der Waals surface area contributed by atoms with Crippen molar-refractivity contribution >= 4 is 15.9 Å². The van der Waals surface area contributed by atoms with E-state index in [4.69, 9.17) is 4.74 Å². The fourth-order valence-electron chi connectivity index (χ4n) is 2.92. The number of para-hydroxylation sites is 1. The number of halogens is 2. The summed E-state index contributed by atoms with van der Waals surface area (Å²) in [7, 11) is -3.99. The Bertz CT molecular complexity index is 1190. The Balaban J connectivity index is 1.59. The molecule has 28 heavy (non-hydrogen) atoms. The van der Waals surface area contributed by atoms with Crippen LogP contribution in [0.25, 0.3) is 0 Å². The summed E-state index contributed by atoms with van der Waals surface area (Å²) < 4.78 is 59.1. The first-order chi connectivity index (χ1) is 13.4. The van der Waals surface area contributed by atoms with Gasteiger partial charge in [0.25, 0.3) is 15.9 Å². The van der Waals surface area contributed by atoms with E-state index in [1.807, 2.05) is 0 Å². The van der Waals surface area contributed by atoms with Crippen LogP contribution in [-0.4, -0.2) is 18.6 Å². The fraction of sp³-hybridized carbons (Fsp3) is 0.0500. The molecule has 1 amide bonds. The van der Waals surface area contributed by atoms with E-state index in [9.17, 15) is 22.0 Å². The number of hydrogen-bond acceptors (Lipinski definition) is 4. The van der Waals surface area contributed by atoms with Gasteiger partial charge in [0.05, 0.1) is 12.1 Å². The Labute approximate surface area is 159 Å². The van der Waals surface area contributed by atoms with Gasteiger partial charge in [-0.15, -0.1) is 0 Å². The summed E-state index contributed by atoms with van der Waals surface area (Å²) in [4.78, 5) is 12.4. The lowest BCUT2D eigenvalue weighted by Gasteiger charge is -2.16. The van der Waals surface area contributed by atoms with Crippen LogP contribution in [0.3, 0.4) is 0 Å². The van der Waals surface area contributed by atoms with E-state index < -0.39 is 27.6 Å². The summed E-state index contributed by atoms with van der Waals surface area (Å²) in [5, 5.41) is 0. The molecule has 0 atom stereocenters. The highest BCUT2D eigenvalue weighted by Gasteiger charge is 2.40. The number of benzene rings is 3. The van der Waals surface area contributed by atoms with Crippen LogP contribution < -0.4 is 4.74 Å². The zero-order valence-electron chi connectivity index (χ0n) is 14.3. The maximum atomic E-state index is 14.4. The Kier molecular flexibility index (Phi) is 4.35. The summed E-state index contributed by atoms with van der Waals surface area (Å²) >= 11 is 0. The molecule has 0 aliphatic carbocycles. The van der Waals surface area contributed by atoms with E-state index in [0.29, 0.717) is 4.31 Å². The molecule has 8 heteroatoms. The lowest BCUT2D eigenvalue weighted by molar-refractivity contribution is 0.0865. The minimum atomic E-state index is -3.99. The van der Waals surface area contributed by atoms with Crippen molar-refractivity contribution in [3.8, 4) is 11.5 Å². The summed E-state index contributed by atoms with van der Waals surface area (Å²) in [6.45, 7) is -0.327. The Morgan fingerprint density at radius 3 is 2.25 bits per heavy atom. The second-order valence-electron chi connectivity index (χ2n) is 6.11. The first kappa shape index (κ1) is 18.1. The molecule has 0 aromatic heterocycles. The van der Waals surface area contributed by atoms with Gasteiger partial charge >= 0.3 is 0 Å². The van der Waals surface area contributed by atoms with Crippen molar-refractivity contribution in [2.45, 2.75) is 11.4 Å². The average Bonchev–Trinajstić information content (AvgIpc) is 2.87. The normalized spacial score (nSPS) is 14.8. The number of hydrogen-bond donors (Lipinski definition) is 0. The van der Waals surface area contributed by atoms with Crippen LogP contribution in [-0.2, 0) is 16.6 Å². The Hall–Kier alpha value is -3.26. The van der Waals surface area contributed by atoms with Crippen LogP contribution in [0.1, 0.15) is 15.9 Å². The number of carbonyl (C=O) groups is 1. The second-order valence-corrected chi connectivity index (χ2v) is 7.94. The molecule has 0 unspecified atom stereocenters. The Morgan fingerprint density at radius 2 is 1.54 bits per heavy atom. The molecular formula is C20H13F2NO4S. The van der Waals surface area contributed by atoms with E-state index in [0.717, 1.165) is 6.07 Å². The zero-order chi connectivity index (χ0) is 19.9. The molecule has 5 nitrogen and oxygen atoms in total. The van der Waals surface area contributed by atoms with E-state index in [2.05, 4.69) is 0 Å². The molecule has 0 spiro atoms. The van der Waals surface area contributed by atoms with Crippen molar-refractivity contribution < 1.29 is 26.7 Å². The molecule has 1 aliphatic rings. The molecule has 0 radical (unpaired) electrons. The standard InChI is InChI=1S/C20H13F2NO4S/c21-15-6-2-3-7-17(15)27-18-10-9-13(11-16(18)22)12-23-20(24)14-5-1-4-8-19(14)28(23,25)26/h1-11H,12H2. The van der Waals surface area contributed by atoms with E-state index in [1.165, 1.54) is 48.5 Å². The molecule has 0 fully saturated rings. The van der Waals surface area contributed by atoms with Crippen molar-refractivity contribution in [2.75, 3.05) is 0 Å². The largest absolute Gasteiger partial charge is 0.451 e. The van der Waals surface area contributed by atoms with Crippen LogP contribution in [0.4, 0.5) is 8.78 Å². The molecule has 0 N–H and O–H groups in total. The lowest BCUT2D eigenvalue weighted by atomic mass is 10.2. The summed E-state index contributed by atoms with van der Waals surface area (Å²) in [6, 6.07) is 15.2. The predicted molar refractivity (Wildman–Crippen MR) is 96.4 cm³/mol. The van der Waals surface area contributed by atoms with Gasteiger partial charge < -0.3 is 4.74 Å². The topological polar surface area (TPSA) is 63.7 Å². The van der Waals surface area contributed by atoms with Gasteiger partial charge in [-0.3, -0.25) is 4.79 Å². The molecule has 0 bridgehead atoms. The lowest BCUT2D eigenvalue weighted by Crippen LogP contribution is -2.29. The monoisotopic (exact) mass is 401 g/mol. The third-order valence-electron chi connectivity index (χ3n) is 4.29. The molecular weight excluding hydrogens is 388 g/mol. The molecule has 0 saturated heterocycles.